The smallest absolute Gasteiger partial charge is 0.241 e. The van der Waals surface area contributed by atoms with Crippen molar-refractivity contribution in [3.8, 4) is 11.1 Å². The van der Waals surface area contributed by atoms with Gasteiger partial charge in [-0.15, -0.1) is 0 Å². The van der Waals surface area contributed by atoms with E-state index in [0.29, 0.717) is 19.6 Å². The second kappa shape index (κ2) is 7.24. The number of hydrogen-bond acceptors (Lipinski definition) is 4. The Labute approximate surface area is 191 Å². The van der Waals surface area contributed by atoms with Crippen LogP contribution in [0, 0.1) is 0 Å². The summed E-state index contributed by atoms with van der Waals surface area (Å²) in [6.45, 7) is 2.76. The van der Waals surface area contributed by atoms with Crippen molar-refractivity contribution in [2.75, 3.05) is 18.0 Å². The molecule has 6 nitrogen and oxygen atoms in total. The highest BCUT2D eigenvalue weighted by atomic mass is 16.2. The zero-order valence-electron chi connectivity index (χ0n) is 18.2. The largest absolute Gasteiger partial charge is 0.340 e. The fourth-order valence-electron chi connectivity index (χ4n) is 5.19. The summed E-state index contributed by atoms with van der Waals surface area (Å²) in [4.78, 5) is 38.4. The molecule has 1 saturated heterocycles. The van der Waals surface area contributed by atoms with Gasteiger partial charge in [0.1, 0.15) is 5.41 Å². The van der Waals surface area contributed by atoms with Crippen LogP contribution < -0.4 is 4.90 Å². The second-order valence-electron chi connectivity index (χ2n) is 8.77. The number of benzene rings is 2. The lowest BCUT2D eigenvalue weighted by atomic mass is 9.74. The molecule has 2 aromatic carbocycles. The van der Waals surface area contributed by atoms with Gasteiger partial charge >= 0.3 is 0 Å². The number of rotatable bonds is 3. The van der Waals surface area contributed by atoms with Crippen LogP contribution in [0.15, 0.2) is 79.3 Å². The van der Waals surface area contributed by atoms with E-state index < -0.39 is 5.41 Å². The fraction of sp³-hybridized carbons (Fsp3) is 0.185. The highest BCUT2D eigenvalue weighted by molar-refractivity contribution is 6.10. The molecule has 0 aliphatic carbocycles. The molecular formula is C27H22N4O2. The summed E-state index contributed by atoms with van der Waals surface area (Å²) in [6.07, 6.45) is 5.46. The molecule has 2 aliphatic rings. The van der Waals surface area contributed by atoms with Gasteiger partial charge in [0.2, 0.25) is 11.8 Å². The van der Waals surface area contributed by atoms with E-state index in [0.717, 1.165) is 38.8 Å². The number of likely N-dealkylation sites (tertiary alicyclic amines) is 1. The van der Waals surface area contributed by atoms with Crippen LogP contribution in [0.1, 0.15) is 18.2 Å². The van der Waals surface area contributed by atoms with Gasteiger partial charge in [0.25, 0.3) is 0 Å². The lowest BCUT2D eigenvalue weighted by molar-refractivity contribution is -0.142. The van der Waals surface area contributed by atoms with E-state index in [1.165, 1.54) is 0 Å². The molecule has 4 aromatic rings. The third-order valence-corrected chi connectivity index (χ3v) is 6.87. The van der Waals surface area contributed by atoms with Gasteiger partial charge in [-0.25, -0.2) is 0 Å². The molecule has 0 radical (unpaired) electrons. The SMILES string of the molecule is CC(=O)N1CC2(C1)C(=O)N(Cc1ncc3ccccc3c1-c1cccnc1)c1ccccc12. The number of pyridine rings is 2. The Hall–Kier alpha value is -4.06. The predicted molar refractivity (Wildman–Crippen MR) is 127 cm³/mol. The van der Waals surface area contributed by atoms with E-state index in [1.54, 1.807) is 18.0 Å². The molecule has 0 saturated carbocycles. The molecule has 0 bridgehead atoms. The minimum atomic E-state index is -0.659. The molecule has 33 heavy (non-hydrogen) atoms. The minimum Gasteiger partial charge on any atom is -0.340 e. The second-order valence-corrected chi connectivity index (χ2v) is 8.77. The Balaban J connectivity index is 1.46. The first-order valence-electron chi connectivity index (χ1n) is 11.0. The van der Waals surface area contributed by atoms with Crippen LogP contribution in [0.5, 0.6) is 0 Å². The van der Waals surface area contributed by atoms with E-state index in [-0.39, 0.29) is 11.8 Å². The van der Waals surface area contributed by atoms with Crippen LogP contribution in [0.2, 0.25) is 0 Å². The number of carbonyl (C=O) groups excluding carboxylic acids is 2. The Morgan fingerprint density at radius 1 is 1.00 bits per heavy atom. The summed E-state index contributed by atoms with van der Waals surface area (Å²) in [5.41, 5.74) is 4.02. The number of amides is 2. The molecule has 2 amide bonds. The molecule has 4 heterocycles. The molecule has 6 rings (SSSR count). The first-order valence-corrected chi connectivity index (χ1v) is 11.0. The van der Waals surface area contributed by atoms with Crippen molar-refractivity contribution in [2.45, 2.75) is 18.9 Å². The monoisotopic (exact) mass is 434 g/mol. The van der Waals surface area contributed by atoms with Gasteiger partial charge in [0.05, 0.1) is 12.2 Å². The summed E-state index contributed by atoms with van der Waals surface area (Å²) in [6, 6.07) is 20.0. The first-order chi connectivity index (χ1) is 16.1. The van der Waals surface area contributed by atoms with E-state index >= 15 is 0 Å². The predicted octanol–water partition coefficient (Wildman–Crippen LogP) is 3.94. The van der Waals surface area contributed by atoms with Crippen molar-refractivity contribution in [1.29, 1.82) is 0 Å². The normalized spacial score (nSPS) is 16.2. The maximum atomic E-state index is 13.8. The molecule has 2 aliphatic heterocycles. The van der Waals surface area contributed by atoms with Crippen molar-refractivity contribution in [1.82, 2.24) is 14.9 Å². The number of carbonyl (C=O) groups is 2. The van der Waals surface area contributed by atoms with E-state index in [9.17, 15) is 9.59 Å². The summed E-state index contributed by atoms with van der Waals surface area (Å²) >= 11 is 0. The Kier molecular flexibility index (Phi) is 4.30. The number of para-hydroxylation sites is 1. The third kappa shape index (κ3) is 2.87. The molecule has 2 aromatic heterocycles. The number of nitrogens with zero attached hydrogens (tertiary/aromatic N) is 4. The third-order valence-electron chi connectivity index (χ3n) is 6.87. The first kappa shape index (κ1) is 19.6. The highest BCUT2D eigenvalue weighted by Crippen LogP contribution is 2.48. The lowest BCUT2D eigenvalue weighted by Crippen LogP contribution is -2.64. The highest BCUT2D eigenvalue weighted by Gasteiger charge is 2.58. The van der Waals surface area contributed by atoms with Crippen molar-refractivity contribution < 1.29 is 9.59 Å². The van der Waals surface area contributed by atoms with Crippen LogP contribution in [0.25, 0.3) is 21.9 Å². The van der Waals surface area contributed by atoms with Gasteiger partial charge in [0.15, 0.2) is 0 Å². The average Bonchev–Trinajstić information content (AvgIpc) is 3.06. The summed E-state index contributed by atoms with van der Waals surface area (Å²) in [7, 11) is 0. The van der Waals surface area contributed by atoms with Gasteiger partial charge < -0.3 is 9.80 Å². The maximum absolute atomic E-state index is 13.8. The van der Waals surface area contributed by atoms with E-state index in [4.69, 9.17) is 4.98 Å². The molecule has 1 fully saturated rings. The molecular weight excluding hydrogens is 412 g/mol. The number of fused-ring (bicyclic) bond motifs is 3. The topological polar surface area (TPSA) is 66.4 Å². The van der Waals surface area contributed by atoms with Gasteiger partial charge in [-0.05, 0) is 23.1 Å². The molecule has 6 heteroatoms. The minimum absolute atomic E-state index is 0.000541. The zero-order chi connectivity index (χ0) is 22.6. The number of hydrogen-bond donors (Lipinski definition) is 0. The van der Waals surface area contributed by atoms with Crippen LogP contribution in [0.3, 0.4) is 0 Å². The molecule has 1 spiro atoms. The summed E-state index contributed by atoms with van der Waals surface area (Å²) < 4.78 is 0. The molecule has 0 N–H and O–H groups in total. The number of aromatic nitrogens is 2. The van der Waals surface area contributed by atoms with Crippen LogP contribution in [-0.2, 0) is 21.5 Å². The van der Waals surface area contributed by atoms with Crippen LogP contribution in [-0.4, -0.2) is 39.8 Å². The average molecular weight is 434 g/mol. The van der Waals surface area contributed by atoms with Crippen LogP contribution >= 0.6 is 0 Å². The Morgan fingerprint density at radius 3 is 2.58 bits per heavy atom. The van der Waals surface area contributed by atoms with Crippen molar-refractivity contribution in [2.24, 2.45) is 0 Å². The molecule has 162 valence electrons. The van der Waals surface area contributed by atoms with Crippen LogP contribution in [0.4, 0.5) is 5.69 Å². The van der Waals surface area contributed by atoms with Crippen molar-refractivity contribution in [3.05, 3.63) is 90.5 Å². The molecule has 0 atom stereocenters. The van der Waals surface area contributed by atoms with Crippen molar-refractivity contribution in [3.63, 3.8) is 0 Å². The lowest BCUT2D eigenvalue weighted by Gasteiger charge is -2.46. The van der Waals surface area contributed by atoms with Crippen molar-refractivity contribution >= 4 is 28.3 Å². The fourth-order valence-corrected chi connectivity index (χ4v) is 5.19. The Bertz CT molecular complexity index is 1410. The standard InChI is InChI=1S/C27H22N4O2/c1-18(32)30-16-27(17-30)22-10-4-5-11-24(22)31(26(27)33)15-23-25(20-8-6-12-28-13-20)21-9-3-2-7-19(21)14-29-23/h2-14H,15-17H2,1H3. The van der Waals surface area contributed by atoms with E-state index in [1.807, 2.05) is 71.9 Å². The number of anilines is 1. The van der Waals surface area contributed by atoms with Gasteiger partial charge in [-0.1, -0.05) is 48.5 Å². The quantitative estimate of drug-likeness (QED) is 0.490. The van der Waals surface area contributed by atoms with Gasteiger partial charge in [0, 0.05) is 60.8 Å². The Morgan fingerprint density at radius 2 is 1.79 bits per heavy atom. The summed E-state index contributed by atoms with van der Waals surface area (Å²) in [5.74, 6) is 0.0349. The maximum Gasteiger partial charge on any atom is 0.241 e. The van der Waals surface area contributed by atoms with Gasteiger partial charge in [-0.2, -0.15) is 0 Å². The molecule has 0 unspecified atom stereocenters. The summed E-state index contributed by atoms with van der Waals surface area (Å²) in [5, 5.41) is 2.12. The van der Waals surface area contributed by atoms with E-state index in [2.05, 4.69) is 11.1 Å². The van der Waals surface area contributed by atoms with Gasteiger partial charge in [-0.3, -0.25) is 19.6 Å². The zero-order valence-corrected chi connectivity index (χ0v) is 18.2.